The highest BCUT2D eigenvalue weighted by Crippen LogP contribution is 2.19. The summed E-state index contributed by atoms with van der Waals surface area (Å²) in [6.07, 6.45) is 0. The normalized spacial score (nSPS) is 10.3. The van der Waals surface area contributed by atoms with E-state index in [1.54, 1.807) is 47.7 Å². The summed E-state index contributed by atoms with van der Waals surface area (Å²) in [5.74, 6) is -0.350. The van der Waals surface area contributed by atoms with Crippen molar-refractivity contribution in [2.24, 2.45) is 0 Å². The van der Waals surface area contributed by atoms with E-state index in [2.05, 4.69) is 5.32 Å². The lowest BCUT2D eigenvalue weighted by molar-refractivity contribution is 0.0786. The zero-order chi connectivity index (χ0) is 17.6. The summed E-state index contributed by atoms with van der Waals surface area (Å²) in [6, 6.07) is 18.6. The first-order valence-electron chi connectivity index (χ1n) is 7.87. The fraction of sp³-hybridized carbons (Fsp3) is 0.100. The van der Waals surface area contributed by atoms with Gasteiger partial charge < -0.3 is 10.2 Å². The fourth-order valence-corrected chi connectivity index (χ4v) is 3.14. The number of thiophene rings is 1. The Morgan fingerprint density at radius 3 is 2.44 bits per heavy atom. The van der Waals surface area contributed by atoms with E-state index in [1.165, 1.54) is 11.3 Å². The maximum atomic E-state index is 12.8. The van der Waals surface area contributed by atoms with Crippen LogP contribution in [0.2, 0.25) is 0 Å². The average Bonchev–Trinajstić information content (AvgIpc) is 3.17. The molecule has 0 aliphatic carbocycles. The molecule has 0 saturated carbocycles. The zero-order valence-corrected chi connectivity index (χ0v) is 14.6. The maximum absolute atomic E-state index is 12.8. The van der Waals surface area contributed by atoms with Crippen LogP contribution in [0.5, 0.6) is 0 Å². The number of carbonyl (C=O) groups excluding carboxylic acids is 2. The molecule has 0 atom stereocenters. The van der Waals surface area contributed by atoms with E-state index in [0.717, 1.165) is 5.56 Å². The minimum Gasteiger partial charge on any atom is -0.337 e. The van der Waals surface area contributed by atoms with Crippen molar-refractivity contribution in [2.75, 3.05) is 12.4 Å². The molecule has 1 aromatic heterocycles. The van der Waals surface area contributed by atoms with Crippen LogP contribution in [-0.2, 0) is 6.54 Å². The van der Waals surface area contributed by atoms with Crippen molar-refractivity contribution >= 4 is 28.8 Å². The first-order chi connectivity index (χ1) is 12.1. The lowest BCUT2D eigenvalue weighted by atomic mass is 10.1. The highest BCUT2D eigenvalue weighted by Gasteiger charge is 2.17. The van der Waals surface area contributed by atoms with Crippen LogP contribution in [0.3, 0.4) is 0 Å². The van der Waals surface area contributed by atoms with Crippen molar-refractivity contribution in [3.63, 3.8) is 0 Å². The number of carbonyl (C=O) groups is 2. The second-order valence-corrected chi connectivity index (χ2v) is 6.44. The molecule has 3 rings (SSSR count). The van der Waals surface area contributed by atoms with Gasteiger partial charge in [-0.25, -0.2) is 0 Å². The quantitative estimate of drug-likeness (QED) is 0.747. The molecular weight excluding hydrogens is 332 g/mol. The first kappa shape index (κ1) is 16.9. The number of hydrogen-bond donors (Lipinski definition) is 1. The summed E-state index contributed by atoms with van der Waals surface area (Å²) in [5, 5.41) is 6.46. The third-order valence-corrected chi connectivity index (χ3v) is 4.48. The van der Waals surface area contributed by atoms with Gasteiger partial charge in [0, 0.05) is 19.0 Å². The molecule has 0 bridgehead atoms. The van der Waals surface area contributed by atoms with Gasteiger partial charge in [-0.05, 0) is 29.1 Å². The summed E-state index contributed by atoms with van der Waals surface area (Å²) in [5.41, 5.74) is 2.64. The van der Waals surface area contributed by atoms with E-state index in [4.69, 9.17) is 0 Å². The largest absolute Gasteiger partial charge is 0.337 e. The van der Waals surface area contributed by atoms with Crippen LogP contribution < -0.4 is 5.32 Å². The average molecular weight is 350 g/mol. The van der Waals surface area contributed by atoms with Gasteiger partial charge in [-0.3, -0.25) is 9.59 Å². The SMILES string of the molecule is CN(Cc1ccccc1)C(=O)c1ccccc1NC(=O)c1ccsc1. The molecular formula is C20H18N2O2S. The Hall–Kier alpha value is -2.92. The van der Waals surface area contributed by atoms with Crippen molar-refractivity contribution in [3.8, 4) is 0 Å². The Labute approximate surface area is 150 Å². The minimum absolute atomic E-state index is 0.134. The zero-order valence-electron chi connectivity index (χ0n) is 13.8. The predicted octanol–water partition coefficient (Wildman–Crippen LogP) is 4.27. The number of anilines is 1. The van der Waals surface area contributed by atoms with Crippen LogP contribution in [0.25, 0.3) is 0 Å². The molecule has 0 fully saturated rings. The molecule has 126 valence electrons. The van der Waals surface area contributed by atoms with E-state index >= 15 is 0 Å². The molecule has 4 nitrogen and oxygen atoms in total. The van der Waals surface area contributed by atoms with Gasteiger partial charge >= 0.3 is 0 Å². The molecule has 0 aliphatic rings. The molecule has 0 spiro atoms. The number of benzene rings is 2. The Bertz CT molecular complexity index is 860. The second-order valence-electron chi connectivity index (χ2n) is 5.66. The topological polar surface area (TPSA) is 49.4 Å². The molecule has 1 N–H and O–H groups in total. The summed E-state index contributed by atoms with van der Waals surface area (Å²) in [7, 11) is 1.76. The molecule has 3 aromatic rings. The van der Waals surface area contributed by atoms with Gasteiger partial charge in [-0.1, -0.05) is 42.5 Å². The lowest BCUT2D eigenvalue weighted by Crippen LogP contribution is -2.27. The molecule has 2 amide bonds. The van der Waals surface area contributed by atoms with Gasteiger partial charge in [0.25, 0.3) is 11.8 Å². The Balaban J connectivity index is 1.77. The summed E-state index contributed by atoms with van der Waals surface area (Å²) in [4.78, 5) is 26.7. The van der Waals surface area contributed by atoms with Gasteiger partial charge in [-0.2, -0.15) is 11.3 Å². The Morgan fingerprint density at radius 2 is 1.72 bits per heavy atom. The van der Waals surface area contributed by atoms with E-state index in [0.29, 0.717) is 23.4 Å². The van der Waals surface area contributed by atoms with Gasteiger partial charge in [0.15, 0.2) is 0 Å². The third kappa shape index (κ3) is 4.14. The van der Waals surface area contributed by atoms with Gasteiger partial charge in [0.1, 0.15) is 0 Å². The van der Waals surface area contributed by atoms with E-state index in [9.17, 15) is 9.59 Å². The molecule has 0 aliphatic heterocycles. The number of rotatable bonds is 5. The molecule has 5 heteroatoms. The number of nitrogens with one attached hydrogen (secondary N) is 1. The summed E-state index contributed by atoms with van der Waals surface area (Å²) in [6.45, 7) is 0.506. The first-order valence-corrected chi connectivity index (χ1v) is 8.81. The summed E-state index contributed by atoms with van der Waals surface area (Å²) >= 11 is 1.46. The number of nitrogens with zero attached hydrogens (tertiary/aromatic N) is 1. The van der Waals surface area contributed by atoms with Crippen molar-refractivity contribution in [2.45, 2.75) is 6.54 Å². The number of amides is 2. The fourth-order valence-electron chi connectivity index (χ4n) is 2.50. The van der Waals surface area contributed by atoms with Crippen molar-refractivity contribution in [1.82, 2.24) is 4.90 Å². The van der Waals surface area contributed by atoms with Gasteiger partial charge in [-0.15, -0.1) is 0 Å². The van der Waals surface area contributed by atoms with Crippen molar-refractivity contribution in [1.29, 1.82) is 0 Å². The van der Waals surface area contributed by atoms with Crippen LogP contribution in [-0.4, -0.2) is 23.8 Å². The molecule has 0 unspecified atom stereocenters. The maximum Gasteiger partial charge on any atom is 0.256 e. The van der Waals surface area contributed by atoms with Crippen LogP contribution in [0.1, 0.15) is 26.3 Å². The standard InChI is InChI=1S/C20H18N2O2S/c1-22(13-15-7-3-2-4-8-15)20(24)17-9-5-6-10-18(17)21-19(23)16-11-12-25-14-16/h2-12,14H,13H2,1H3,(H,21,23). The summed E-state index contributed by atoms with van der Waals surface area (Å²) < 4.78 is 0. The highest BCUT2D eigenvalue weighted by atomic mass is 32.1. The lowest BCUT2D eigenvalue weighted by Gasteiger charge is -2.19. The molecule has 1 heterocycles. The van der Waals surface area contributed by atoms with Crippen molar-refractivity contribution < 1.29 is 9.59 Å². The minimum atomic E-state index is -0.216. The molecule has 0 saturated heterocycles. The third-order valence-electron chi connectivity index (χ3n) is 3.80. The van der Waals surface area contributed by atoms with Crippen LogP contribution in [0, 0.1) is 0 Å². The van der Waals surface area contributed by atoms with Crippen LogP contribution in [0.4, 0.5) is 5.69 Å². The monoisotopic (exact) mass is 350 g/mol. The highest BCUT2D eigenvalue weighted by molar-refractivity contribution is 7.08. The number of para-hydroxylation sites is 1. The molecule has 25 heavy (non-hydrogen) atoms. The van der Waals surface area contributed by atoms with Crippen LogP contribution in [0.15, 0.2) is 71.4 Å². The predicted molar refractivity (Wildman–Crippen MR) is 101 cm³/mol. The van der Waals surface area contributed by atoms with Crippen LogP contribution >= 0.6 is 11.3 Å². The Kier molecular flexibility index (Phi) is 5.26. The van der Waals surface area contributed by atoms with Gasteiger partial charge in [0.2, 0.25) is 0 Å². The van der Waals surface area contributed by atoms with Crippen molar-refractivity contribution in [3.05, 3.63) is 88.1 Å². The second kappa shape index (κ2) is 7.77. The number of hydrogen-bond acceptors (Lipinski definition) is 3. The smallest absolute Gasteiger partial charge is 0.256 e. The van der Waals surface area contributed by atoms with E-state index < -0.39 is 0 Å². The van der Waals surface area contributed by atoms with E-state index in [1.807, 2.05) is 35.7 Å². The van der Waals surface area contributed by atoms with Gasteiger partial charge in [0.05, 0.1) is 16.8 Å². The molecule has 0 radical (unpaired) electrons. The van der Waals surface area contributed by atoms with E-state index in [-0.39, 0.29) is 11.8 Å². The Morgan fingerprint density at radius 1 is 1.00 bits per heavy atom. The molecule has 2 aromatic carbocycles.